The van der Waals surface area contributed by atoms with Crippen LogP contribution in [0.2, 0.25) is 0 Å². The number of nitrogens with zero attached hydrogens (tertiary/aromatic N) is 5. The van der Waals surface area contributed by atoms with Gasteiger partial charge in [0.25, 0.3) is 5.89 Å². The normalized spacial score (nSPS) is 14.3. The lowest BCUT2D eigenvalue weighted by atomic mass is 10.1. The van der Waals surface area contributed by atoms with Crippen LogP contribution >= 0.6 is 0 Å². The molecular weight excluding hydrogens is 328 g/mol. The molecule has 1 aliphatic rings. The smallest absolute Gasteiger partial charge is 0.268 e. The summed E-state index contributed by atoms with van der Waals surface area (Å²) in [4.78, 5) is 2.37. The molecule has 3 aromatic rings. The largest absolute Gasteiger partial charge is 0.419 e. The van der Waals surface area contributed by atoms with E-state index < -0.39 is 0 Å². The minimum absolute atomic E-state index is 0.427. The number of fused-ring (bicyclic) bond motifs is 1. The van der Waals surface area contributed by atoms with Crippen LogP contribution in [0.25, 0.3) is 22.4 Å². The van der Waals surface area contributed by atoms with Crippen molar-refractivity contribution in [2.45, 2.75) is 32.6 Å². The molecular formula is C19H24N6O. The fourth-order valence-electron chi connectivity index (χ4n) is 3.09. The first-order valence-electron chi connectivity index (χ1n) is 9.35. The lowest BCUT2D eigenvalue weighted by molar-refractivity contribution is 0.316. The molecule has 0 bridgehead atoms. The Morgan fingerprint density at radius 2 is 1.81 bits per heavy atom. The second-order valence-corrected chi connectivity index (χ2v) is 6.62. The molecule has 4 rings (SSSR count). The number of anilines is 1. The van der Waals surface area contributed by atoms with Gasteiger partial charge in [-0.05, 0) is 25.9 Å². The molecule has 0 amide bonds. The molecule has 7 nitrogen and oxygen atoms in total. The fourth-order valence-corrected chi connectivity index (χ4v) is 3.09. The van der Waals surface area contributed by atoms with Gasteiger partial charge in [-0.15, -0.1) is 20.4 Å². The van der Waals surface area contributed by atoms with E-state index in [0.29, 0.717) is 23.4 Å². The molecule has 1 N–H and O–H groups in total. The highest BCUT2D eigenvalue weighted by molar-refractivity contribution is 5.98. The number of rotatable bonds is 8. The number of benzene rings is 1. The molecule has 2 heterocycles. The van der Waals surface area contributed by atoms with E-state index in [-0.39, 0.29) is 0 Å². The molecule has 1 saturated carbocycles. The van der Waals surface area contributed by atoms with Gasteiger partial charge in [0.05, 0.1) is 0 Å². The lowest BCUT2D eigenvalue weighted by Crippen LogP contribution is -2.28. The van der Waals surface area contributed by atoms with Crippen LogP contribution in [0.3, 0.4) is 0 Å². The van der Waals surface area contributed by atoms with Gasteiger partial charge in [-0.2, -0.15) is 0 Å². The number of nitrogens with one attached hydrogen (secondary N) is 1. The quantitative estimate of drug-likeness (QED) is 0.666. The van der Waals surface area contributed by atoms with E-state index in [9.17, 15) is 0 Å². The second kappa shape index (κ2) is 7.37. The molecule has 1 aliphatic carbocycles. The van der Waals surface area contributed by atoms with Crippen molar-refractivity contribution in [2.24, 2.45) is 0 Å². The van der Waals surface area contributed by atoms with Crippen molar-refractivity contribution in [1.29, 1.82) is 0 Å². The minimum atomic E-state index is 0.427. The number of aromatic nitrogens is 4. The summed E-state index contributed by atoms with van der Waals surface area (Å²) in [7, 11) is 0. The first-order chi connectivity index (χ1) is 12.8. The van der Waals surface area contributed by atoms with Gasteiger partial charge >= 0.3 is 0 Å². The average molecular weight is 352 g/mol. The average Bonchev–Trinajstić information content (AvgIpc) is 3.42. The highest BCUT2D eigenvalue weighted by Gasteiger charge is 2.30. The molecule has 7 heteroatoms. The number of hydrogen-bond donors (Lipinski definition) is 1. The predicted molar refractivity (Wildman–Crippen MR) is 101 cm³/mol. The Morgan fingerprint density at radius 3 is 2.54 bits per heavy atom. The van der Waals surface area contributed by atoms with Gasteiger partial charge in [0, 0.05) is 29.8 Å². The topological polar surface area (TPSA) is 80.0 Å². The first kappa shape index (κ1) is 16.9. The van der Waals surface area contributed by atoms with Crippen LogP contribution < -0.4 is 5.32 Å². The summed E-state index contributed by atoms with van der Waals surface area (Å²) >= 11 is 0. The highest BCUT2D eigenvalue weighted by Crippen LogP contribution is 2.40. The zero-order chi connectivity index (χ0) is 17.9. The zero-order valence-corrected chi connectivity index (χ0v) is 15.3. The molecule has 0 atom stereocenters. The Morgan fingerprint density at radius 1 is 1.04 bits per heavy atom. The molecule has 2 aromatic heterocycles. The minimum Gasteiger partial charge on any atom is -0.419 e. The third-order valence-corrected chi connectivity index (χ3v) is 4.87. The van der Waals surface area contributed by atoms with Gasteiger partial charge < -0.3 is 14.6 Å². The van der Waals surface area contributed by atoms with Gasteiger partial charge in [0.2, 0.25) is 5.89 Å². The lowest BCUT2D eigenvalue weighted by Gasteiger charge is -2.18. The Hall–Kier alpha value is -2.54. The predicted octanol–water partition coefficient (Wildman–Crippen LogP) is 3.31. The Labute approximate surface area is 152 Å². The third kappa shape index (κ3) is 3.39. The summed E-state index contributed by atoms with van der Waals surface area (Å²) in [6, 6.07) is 8.07. The molecule has 0 spiro atoms. The van der Waals surface area contributed by atoms with Crippen molar-refractivity contribution in [3.63, 3.8) is 0 Å². The summed E-state index contributed by atoms with van der Waals surface area (Å²) in [5, 5.41) is 22.5. The maximum absolute atomic E-state index is 5.83. The Bertz CT molecular complexity index is 885. The van der Waals surface area contributed by atoms with E-state index in [0.717, 1.165) is 55.6 Å². The van der Waals surface area contributed by atoms with Gasteiger partial charge in [0.1, 0.15) is 0 Å². The third-order valence-electron chi connectivity index (χ3n) is 4.87. The second-order valence-electron chi connectivity index (χ2n) is 6.62. The van der Waals surface area contributed by atoms with Crippen molar-refractivity contribution in [3.05, 3.63) is 30.2 Å². The molecule has 0 saturated heterocycles. The van der Waals surface area contributed by atoms with E-state index >= 15 is 0 Å². The van der Waals surface area contributed by atoms with Crippen LogP contribution in [0.15, 0.2) is 28.7 Å². The molecule has 0 unspecified atom stereocenters. The van der Waals surface area contributed by atoms with Crippen LogP contribution in [0, 0.1) is 0 Å². The van der Waals surface area contributed by atoms with Crippen LogP contribution in [0.1, 0.15) is 38.5 Å². The maximum atomic E-state index is 5.83. The van der Waals surface area contributed by atoms with E-state index in [1.807, 2.05) is 24.3 Å². The van der Waals surface area contributed by atoms with Crippen molar-refractivity contribution in [2.75, 3.05) is 31.5 Å². The van der Waals surface area contributed by atoms with E-state index in [1.54, 1.807) is 0 Å². The molecule has 26 heavy (non-hydrogen) atoms. The van der Waals surface area contributed by atoms with Gasteiger partial charge in [-0.1, -0.05) is 38.1 Å². The van der Waals surface area contributed by atoms with E-state index in [1.165, 1.54) is 0 Å². The Balaban J connectivity index is 1.60. The van der Waals surface area contributed by atoms with Crippen LogP contribution in [0.4, 0.5) is 5.82 Å². The summed E-state index contributed by atoms with van der Waals surface area (Å²) in [6.07, 6.45) is 2.26. The van der Waals surface area contributed by atoms with Crippen molar-refractivity contribution >= 4 is 16.6 Å². The monoisotopic (exact) mass is 352 g/mol. The molecule has 1 aromatic carbocycles. The molecule has 1 fully saturated rings. The summed E-state index contributed by atoms with van der Waals surface area (Å²) in [5.74, 6) is 2.38. The van der Waals surface area contributed by atoms with Crippen LogP contribution in [0.5, 0.6) is 0 Å². The summed E-state index contributed by atoms with van der Waals surface area (Å²) < 4.78 is 5.83. The zero-order valence-electron chi connectivity index (χ0n) is 15.3. The van der Waals surface area contributed by atoms with Crippen molar-refractivity contribution in [1.82, 2.24) is 25.3 Å². The number of hydrogen-bond acceptors (Lipinski definition) is 7. The molecule has 0 radical (unpaired) electrons. The molecule has 136 valence electrons. The van der Waals surface area contributed by atoms with Gasteiger partial charge in [-0.25, -0.2) is 0 Å². The van der Waals surface area contributed by atoms with Gasteiger partial charge in [0.15, 0.2) is 11.5 Å². The van der Waals surface area contributed by atoms with Crippen LogP contribution in [-0.4, -0.2) is 51.5 Å². The maximum Gasteiger partial charge on any atom is 0.268 e. The fraction of sp³-hybridized carbons (Fsp3) is 0.474. The van der Waals surface area contributed by atoms with Gasteiger partial charge in [-0.3, -0.25) is 0 Å². The SMILES string of the molecule is CCN(CC)CCNc1nnc(-c2nnc(C3CC3)o2)c2ccccc12. The van der Waals surface area contributed by atoms with E-state index in [2.05, 4.69) is 44.5 Å². The Kier molecular flexibility index (Phi) is 4.79. The summed E-state index contributed by atoms with van der Waals surface area (Å²) in [5.41, 5.74) is 0.647. The van der Waals surface area contributed by atoms with E-state index in [4.69, 9.17) is 4.42 Å². The first-order valence-corrected chi connectivity index (χ1v) is 9.35. The standard InChI is InChI=1S/C19H24N6O/c1-3-25(4-2)12-11-20-17-15-8-6-5-7-14(15)16(21-22-17)19-24-23-18(26-19)13-9-10-13/h5-8,13H,3-4,9-12H2,1-2H3,(H,20,22). The van der Waals surface area contributed by atoms with Crippen LogP contribution in [-0.2, 0) is 0 Å². The van der Waals surface area contributed by atoms with Crippen molar-refractivity contribution in [3.8, 4) is 11.6 Å². The van der Waals surface area contributed by atoms with Crippen molar-refractivity contribution < 1.29 is 4.42 Å². The summed E-state index contributed by atoms with van der Waals surface area (Å²) in [6.45, 7) is 8.24. The molecule has 0 aliphatic heterocycles. The number of likely N-dealkylation sites (N-methyl/N-ethyl adjacent to an activating group) is 1. The highest BCUT2D eigenvalue weighted by atomic mass is 16.4.